The number of hydrogen-bond donors (Lipinski definition) is 1. The first-order valence-electron chi connectivity index (χ1n) is 6.70. The zero-order valence-electron chi connectivity index (χ0n) is 11.7. The fraction of sp³-hybridized carbons (Fsp3) is 0.400. The second kappa shape index (κ2) is 6.11. The maximum Gasteiger partial charge on any atom is 0.0865 e. The Morgan fingerprint density at radius 2 is 1.89 bits per heavy atom. The molecular weight excluding hydrogens is 258 g/mol. The number of aromatic nitrogens is 2. The van der Waals surface area contributed by atoms with Crippen molar-refractivity contribution >= 4 is 17.3 Å². The summed E-state index contributed by atoms with van der Waals surface area (Å²) < 4.78 is 1.95. The smallest absolute Gasteiger partial charge is 0.0865 e. The first-order chi connectivity index (χ1) is 9.15. The lowest BCUT2D eigenvalue weighted by atomic mass is 10.1. The SMILES string of the molecule is CCc1ccc(NCc2c(Cl)c(C)nn2CC)cc1. The molecule has 0 amide bonds. The van der Waals surface area contributed by atoms with E-state index in [1.54, 1.807) is 0 Å². The topological polar surface area (TPSA) is 29.9 Å². The Kier molecular flexibility index (Phi) is 4.48. The van der Waals surface area contributed by atoms with Gasteiger partial charge >= 0.3 is 0 Å². The van der Waals surface area contributed by atoms with E-state index in [1.165, 1.54) is 5.56 Å². The summed E-state index contributed by atoms with van der Waals surface area (Å²) in [5.41, 5.74) is 4.38. The third kappa shape index (κ3) is 3.10. The Balaban J connectivity index is 2.09. The zero-order valence-corrected chi connectivity index (χ0v) is 12.5. The lowest BCUT2D eigenvalue weighted by molar-refractivity contribution is 0.623. The summed E-state index contributed by atoms with van der Waals surface area (Å²) in [6.07, 6.45) is 1.06. The predicted molar refractivity (Wildman–Crippen MR) is 80.8 cm³/mol. The van der Waals surface area contributed by atoms with Gasteiger partial charge in [0.05, 0.1) is 23.0 Å². The number of hydrogen-bond acceptors (Lipinski definition) is 2. The summed E-state index contributed by atoms with van der Waals surface area (Å²) in [6, 6.07) is 8.50. The summed E-state index contributed by atoms with van der Waals surface area (Å²) in [5, 5.41) is 8.57. The van der Waals surface area contributed by atoms with Crippen molar-refractivity contribution in [2.24, 2.45) is 0 Å². The van der Waals surface area contributed by atoms with Crippen LogP contribution in [0.3, 0.4) is 0 Å². The van der Waals surface area contributed by atoms with Gasteiger partial charge in [-0.1, -0.05) is 30.7 Å². The van der Waals surface area contributed by atoms with E-state index in [9.17, 15) is 0 Å². The third-order valence-electron chi connectivity index (χ3n) is 3.27. The molecule has 2 rings (SSSR count). The monoisotopic (exact) mass is 277 g/mol. The molecule has 3 nitrogen and oxygen atoms in total. The van der Waals surface area contributed by atoms with Crippen molar-refractivity contribution in [1.82, 2.24) is 9.78 Å². The van der Waals surface area contributed by atoms with Crippen LogP contribution in [0.4, 0.5) is 5.69 Å². The van der Waals surface area contributed by atoms with Crippen molar-refractivity contribution in [3.63, 3.8) is 0 Å². The van der Waals surface area contributed by atoms with Gasteiger partial charge in [0.2, 0.25) is 0 Å². The summed E-state index contributed by atoms with van der Waals surface area (Å²) in [6.45, 7) is 7.69. The van der Waals surface area contributed by atoms with Gasteiger partial charge in [0.25, 0.3) is 0 Å². The van der Waals surface area contributed by atoms with Crippen LogP contribution in [0.25, 0.3) is 0 Å². The van der Waals surface area contributed by atoms with Crippen molar-refractivity contribution < 1.29 is 0 Å². The minimum absolute atomic E-state index is 0.693. The molecule has 102 valence electrons. The molecular formula is C15H20ClN3. The van der Waals surface area contributed by atoms with Crippen LogP contribution in [-0.2, 0) is 19.5 Å². The number of rotatable bonds is 5. The predicted octanol–water partition coefficient (Wildman–Crippen LogP) is 4.04. The van der Waals surface area contributed by atoms with E-state index in [0.29, 0.717) is 6.54 Å². The first kappa shape index (κ1) is 13.9. The van der Waals surface area contributed by atoms with Gasteiger partial charge in [0, 0.05) is 12.2 Å². The van der Waals surface area contributed by atoms with Gasteiger partial charge in [-0.15, -0.1) is 0 Å². The number of aryl methyl sites for hydroxylation is 3. The van der Waals surface area contributed by atoms with Gasteiger partial charge < -0.3 is 5.32 Å². The van der Waals surface area contributed by atoms with E-state index >= 15 is 0 Å². The van der Waals surface area contributed by atoms with Gasteiger partial charge in [0.1, 0.15) is 0 Å². The van der Waals surface area contributed by atoms with Gasteiger partial charge in [-0.3, -0.25) is 4.68 Å². The molecule has 0 fully saturated rings. The summed E-state index contributed by atoms with van der Waals surface area (Å²) >= 11 is 6.28. The molecule has 0 spiro atoms. The molecule has 0 aliphatic carbocycles. The molecule has 4 heteroatoms. The summed E-state index contributed by atoms with van der Waals surface area (Å²) in [4.78, 5) is 0. The standard InChI is InChI=1S/C15H20ClN3/c1-4-12-6-8-13(9-7-12)17-10-14-15(16)11(3)18-19(14)5-2/h6-9,17H,4-5,10H2,1-3H3. The number of halogens is 1. The molecule has 0 unspecified atom stereocenters. The molecule has 0 aliphatic rings. The second-order valence-electron chi connectivity index (χ2n) is 4.57. The molecule has 1 aromatic heterocycles. The number of benzene rings is 1. The molecule has 1 N–H and O–H groups in total. The van der Waals surface area contributed by atoms with Crippen LogP contribution in [0.15, 0.2) is 24.3 Å². The summed E-state index contributed by atoms with van der Waals surface area (Å²) in [7, 11) is 0. The van der Waals surface area contributed by atoms with Crippen molar-refractivity contribution in [3.8, 4) is 0 Å². The Bertz CT molecular complexity index is 543. The second-order valence-corrected chi connectivity index (χ2v) is 4.94. The Morgan fingerprint density at radius 3 is 2.47 bits per heavy atom. The Labute approximate surface area is 119 Å². The van der Waals surface area contributed by atoms with E-state index in [-0.39, 0.29) is 0 Å². The Morgan fingerprint density at radius 1 is 1.21 bits per heavy atom. The van der Waals surface area contributed by atoms with E-state index in [1.807, 2.05) is 11.6 Å². The molecule has 0 saturated heterocycles. The van der Waals surface area contributed by atoms with E-state index in [0.717, 1.165) is 35.1 Å². The minimum Gasteiger partial charge on any atom is -0.379 e. The quantitative estimate of drug-likeness (QED) is 0.894. The van der Waals surface area contributed by atoms with Crippen LogP contribution >= 0.6 is 11.6 Å². The average Bonchev–Trinajstić information content (AvgIpc) is 2.72. The van der Waals surface area contributed by atoms with Gasteiger partial charge in [-0.2, -0.15) is 5.10 Å². The Hall–Kier alpha value is -1.48. The highest BCUT2D eigenvalue weighted by Crippen LogP contribution is 2.21. The van der Waals surface area contributed by atoms with Crippen molar-refractivity contribution in [1.29, 1.82) is 0 Å². The largest absolute Gasteiger partial charge is 0.379 e. The molecule has 1 heterocycles. The molecule has 2 aromatic rings. The van der Waals surface area contributed by atoms with Crippen molar-refractivity contribution in [2.75, 3.05) is 5.32 Å². The van der Waals surface area contributed by atoms with E-state index < -0.39 is 0 Å². The van der Waals surface area contributed by atoms with Gasteiger partial charge in [0.15, 0.2) is 0 Å². The van der Waals surface area contributed by atoms with Crippen LogP contribution in [0.1, 0.15) is 30.8 Å². The number of nitrogens with one attached hydrogen (secondary N) is 1. The van der Waals surface area contributed by atoms with Gasteiger partial charge in [-0.05, 0) is 38.0 Å². The van der Waals surface area contributed by atoms with Crippen LogP contribution in [0, 0.1) is 6.92 Å². The molecule has 0 aliphatic heterocycles. The van der Waals surface area contributed by atoms with Crippen molar-refractivity contribution in [2.45, 2.75) is 40.3 Å². The van der Waals surface area contributed by atoms with E-state index in [4.69, 9.17) is 11.6 Å². The molecule has 0 radical (unpaired) electrons. The van der Waals surface area contributed by atoms with Crippen LogP contribution in [-0.4, -0.2) is 9.78 Å². The van der Waals surface area contributed by atoms with Crippen LogP contribution < -0.4 is 5.32 Å². The average molecular weight is 278 g/mol. The highest BCUT2D eigenvalue weighted by molar-refractivity contribution is 6.31. The van der Waals surface area contributed by atoms with Crippen LogP contribution in [0.5, 0.6) is 0 Å². The first-order valence-corrected chi connectivity index (χ1v) is 7.08. The highest BCUT2D eigenvalue weighted by atomic mass is 35.5. The number of nitrogens with zero attached hydrogens (tertiary/aromatic N) is 2. The van der Waals surface area contributed by atoms with Gasteiger partial charge in [-0.25, -0.2) is 0 Å². The molecule has 19 heavy (non-hydrogen) atoms. The third-order valence-corrected chi connectivity index (χ3v) is 3.77. The normalized spacial score (nSPS) is 10.7. The fourth-order valence-electron chi connectivity index (χ4n) is 2.08. The molecule has 1 aromatic carbocycles. The minimum atomic E-state index is 0.693. The number of anilines is 1. The summed E-state index contributed by atoms with van der Waals surface area (Å²) in [5.74, 6) is 0. The fourth-order valence-corrected chi connectivity index (χ4v) is 2.28. The lowest BCUT2D eigenvalue weighted by Crippen LogP contribution is -2.08. The van der Waals surface area contributed by atoms with Crippen molar-refractivity contribution in [3.05, 3.63) is 46.2 Å². The van der Waals surface area contributed by atoms with Crippen LogP contribution in [0.2, 0.25) is 5.02 Å². The lowest BCUT2D eigenvalue weighted by Gasteiger charge is -2.09. The zero-order chi connectivity index (χ0) is 13.8. The molecule has 0 saturated carbocycles. The van der Waals surface area contributed by atoms with E-state index in [2.05, 4.69) is 48.5 Å². The molecule has 0 bridgehead atoms. The molecule has 0 atom stereocenters. The highest BCUT2D eigenvalue weighted by Gasteiger charge is 2.11. The maximum atomic E-state index is 6.28. The maximum absolute atomic E-state index is 6.28.